The number of hydrogen-bond donors (Lipinski definition) is 7. The van der Waals surface area contributed by atoms with Crippen LogP contribution in [0.1, 0.15) is 18.5 Å². The summed E-state index contributed by atoms with van der Waals surface area (Å²) in [5, 5.41) is 31.3. The Kier molecular flexibility index (Phi) is 12.5. The average Bonchev–Trinajstić information content (AvgIpc) is 3.17. The second-order valence-corrected chi connectivity index (χ2v) is 14.2. The van der Waals surface area contributed by atoms with Gasteiger partial charge >= 0.3 is 47.0 Å². The third-order valence-electron chi connectivity index (χ3n) is 8.63. The lowest BCUT2D eigenvalue weighted by atomic mass is 10.0. The van der Waals surface area contributed by atoms with Crippen LogP contribution in [0.15, 0.2) is 50.3 Å². The fourth-order valence-electron chi connectivity index (χ4n) is 5.59. The number of β-lactam (4-membered cyclic amide) rings is 1. The van der Waals surface area contributed by atoms with Gasteiger partial charge in [0.15, 0.2) is 5.16 Å². The van der Waals surface area contributed by atoms with Crippen LogP contribution in [0.25, 0.3) is 0 Å². The number of H-pyrrole nitrogens is 1. The van der Waals surface area contributed by atoms with Crippen molar-refractivity contribution in [2.45, 2.75) is 35.6 Å². The largest absolute Gasteiger partial charge is 0.480 e. The lowest BCUT2D eigenvalue weighted by molar-refractivity contribution is -0.153. The maximum Gasteiger partial charge on any atom is 0.411 e. The third kappa shape index (κ3) is 8.52. The molecule has 2 fully saturated rings. The summed E-state index contributed by atoms with van der Waals surface area (Å²) in [5.41, 5.74) is 3.70. The summed E-state index contributed by atoms with van der Waals surface area (Å²) in [4.78, 5) is 128. The number of amides is 7. The normalized spacial score (nSPS) is 19.1. The number of nitrogens with two attached hydrogens (primary N) is 1. The van der Waals surface area contributed by atoms with E-state index >= 15 is 0 Å². The Balaban J connectivity index is 1.33. The number of carbonyl (C=O) groups excluding carboxylic acids is 6. The van der Waals surface area contributed by atoms with Crippen LogP contribution >= 0.6 is 23.5 Å². The number of piperazine rings is 1. The molecule has 3 aliphatic rings. The van der Waals surface area contributed by atoms with Crippen LogP contribution in [0, 0.1) is 0 Å². The molecule has 7 amide bonds. The quantitative estimate of drug-likeness (QED) is 0.0619. The van der Waals surface area contributed by atoms with Gasteiger partial charge in [0, 0.05) is 43.9 Å². The zero-order valence-corrected chi connectivity index (χ0v) is 31.0. The van der Waals surface area contributed by atoms with Crippen molar-refractivity contribution in [2.75, 3.05) is 43.1 Å². The second-order valence-electron chi connectivity index (χ2n) is 12.2. The lowest BCUT2D eigenvalue weighted by Gasteiger charge is -2.49. The number of aromatic nitrogens is 3. The molecule has 1 aromatic carbocycles. The Morgan fingerprint density at radius 3 is 2.41 bits per heavy atom. The third-order valence-corrected chi connectivity index (χ3v) is 11.1. The minimum Gasteiger partial charge on any atom is -0.480 e. The van der Waals surface area contributed by atoms with Crippen LogP contribution in [-0.2, 0) is 40.6 Å². The molecule has 25 heteroatoms. The molecule has 0 bridgehead atoms. The second kappa shape index (κ2) is 17.1. The highest BCUT2D eigenvalue weighted by Gasteiger charge is 2.54. The number of carboxylic acids is 2. The molecular weight excluding hydrogens is 785 g/mol. The number of urea groups is 1. The maximum atomic E-state index is 13.9. The van der Waals surface area contributed by atoms with Crippen LogP contribution < -0.4 is 32.8 Å². The molecule has 2 saturated heterocycles. The van der Waals surface area contributed by atoms with Crippen molar-refractivity contribution >= 4 is 76.9 Å². The zero-order valence-electron chi connectivity index (χ0n) is 29.4. The van der Waals surface area contributed by atoms with Crippen LogP contribution in [0.2, 0.25) is 0 Å². The molecule has 56 heavy (non-hydrogen) atoms. The number of aromatic amines is 1. The van der Waals surface area contributed by atoms with Gasteiger partial charge < -0.3 is 36.2 Å². The molecule has 298 valence electrons. The van der Waals surface area contributed by atoms with Gasteiger partial charge in [0.2, 0.25) is 5.91 Å². The van der Waals surface area contributed by atoms with Gasteiger partial charge in [-0.1, -0.05) is 23.9 Å². The molecule has 0 unspecified atom stereocenters. The zero-order chi connectivity index (χ0) is 41.0. The Labute approximate surface area is 322 Å². The van der Waals surface area contributed by atoms with Gasteiger partial charge in [-0.05, 0) is 30.2 Å². The Morgan fingerprint density at radius 2 is 1.77 bits per heavy atom. The number of benzene rings is 1. The first kappa shape index (κ1) is 41.0. The monoisotopic (exact) mass is 818 g/mol. The van der Waals surface area contributed by atoms with Gasteiger partial charge in [-0.25, -0.2) is 19.5 Å². The van der Waals surface area contributed by atoms with E-state index in [1.54, 1.807) is 6.92 Å². The molecule has 3 aliphatic heterocycles. The topological polar surface area (TPSA) is 326 Å². The molecule has 0 radical (unpaired) electrons. The highest BCUT2D eigenvalue weighted by Crippen LogP contribution is 2.41. The minimum atomic E-state index is -1.60. The van der Waals surface area contributed by atoms with E-state index in [-0.39, 0.29) is 53.2 Å². The number of likely N-dealkylation sites (N-methyl/N-ethyl adjacent to an activating group) is 1. The van der Waals surface area contributed by atoms with Gasteiger partial charge in [0.05, 0.1) is 0 Å². The number of ether oxygens (including phenoxy) is 1. The van der Waals surface area contributed by atoms with Crippen molar-refractivity contribution in [3.05, 3.63) is 61.8 Å². The van der Waals surface area contributed by atoms with Gasteiger partial charge in [-0.2, -0.15) is 0 Å². The smallest absolute Gasteiger partial charge is 0.411 e. The molecule has 8 N–H and O–H groups in total. The molecule has 0 spiro atoms. The van der Waals surface area contributed by atoms with E-state index in [9.17, 15) is 53.1 Å². The summed E-state index contributed by atoms with van der Waals surface area (Å²) >= 11 is 2.09. The number of anilines is 1. The molecule has 0 aliphatic carbocycles. The van der Waals surface area contributed by atoms with Gasteiger partial charge in [-0.15, -0.1) is 16.9 Å². The van der Waals surface area contributed by atoms with Gasteiger partial charge in [0.25, 0.3) is 5.91 Å². The number of carboxylic acid groups (broad SMARTS) is 2. The summed E-state index contributed by atoms with van der Waals surface area (Å²) in [6.45, 7) is 1.12. The summed E-state index contributed by atoms with van der Waals surface area (Å²) in [6, 6.07) is -0.163. The Hall–Kier alpha value is -6.21. The summed E-state index contributed by atoms with van der Waals surface area (Å²) in [6.07, 6.45) is -1.04. The lowest BCUT2D eigenvalue weighted by Crippen LogP contribution is -2.71. The van der Waals surface area contributed by atoms with Crippen molar-refractivity contribution in [3.63, 3.8) is 0 Å². The van der Waals surface area contributed by atoms with E-state index in [1.807, 2.05) is 0 Å². The first-order valence-corrected chi connectivity index (χ1v) is 18.5. The standard InChI is InChI=1S/C31H34N10O13S2/c1-3-39-8-9-40(25(47)24(39)46)29(52)35-17(13-4-6-15(7-5-13)33-31(53)54-10-16(32)27(48)49)20(42)34-18-22(44)41-19(28(50)51)14(11-55-26(18)41)12-56-30-37-36-21(43)23(45)38(30)2/h4-7,16-18,26H,3,8-12,32H2,1-2H3,(H,33,53)(H,34,42)(H,35,52)(H,36,43)(H,48,49)(H,50,51)/t16-,17-,18-,26+/m1/s1. The predicted octanol–water partition coefficient (Wildman–Crippen LogP) is -2.60. The van der Waals surface area contributed by atoms with E-state index in [0.717, 1.165) is 33.0 Å². The number of aliphatic carboxylic acids is 2. The number of imide groups is 1. The first-order chi connectivity index (χ1) is 26.5. The number of fused-ring (bicyclic) bond motifs is 1. The van der Waals surface area contributed by atoms with Crippen LogP contribution in [0.4, 0.5) is 15.3 Å². The van der Waals surface area contributed by atoms with E-state index in [2.05, 4.69) is 26.1 Å². The van der Waals surface area contributed by atoms with Crippen LogP contribution in [0.5, 0.6) is 0 Å². The van der Waals surface area contributed by atoms with E-state index in [0.29, 0.717) is 10.5 Å². The number of thioether (sulfide) groups is 2. The van der Waals surface area contributed by atoms with Crippen molar-refractivity contribution in [3.8, 4) is 0 Å². The number of nitrogens with one attached hydrogen (secondary N) is 4. The molecule has 1 aromatic heterocycles. The molecule has 0 saturated carbocycles. The number of nitrogens with zero attached hydrogens (tertiary/aromatic N) is 5. The van der Waals surface area contributed by atoms with Crippen molar-refractivity contribution in [2.24, 2.45) is 12.8 Å². The summed E-state index contributed by atoms with van der Waals surface area (Å²) < 4.78 is 5.78. The fraction of sp³-hybridized carbons (Fsp3) is 0.387. The summed E-state index contributed by atoms with van der Waals surface area (Å²) in [7, 11) is 1.32. The van der Waals surface area contributed by atoms with Crippen molar-refractivity contribution in [1.29, 1.82) is 0 Å². The maximum absolute atomic E-state index is 13.9. The number of hydrogen-bond acceptors (Lipinski definition) is 15. The SMILES string of the molecule is CCN1CCN(C(=O)N[C@@H](C(=O)N[C@@H]2C(=O)N3C(C(=O)O)=C(CSc4n[nH]c(=O)c(=O)n4C)CS[C@@H]23)c2ccc(NC(=O)OC[C@@H](N)C(=O)O)cc2)C(=O)C1=O. The van der Waals surface area contributed by atoms with E-state index < -0.39 is 88.9 Å². The minimum absolute atomic E-state index is 0.0191. The van der Waals surface area contributed by atoms with Gasteiger partial charge in [0.1, 0.15) is 35.8 Å². The van der Waals surface area contributed by atoms with Crippen molar-refractivity contribution in [1.82, 2.24) is 40.1 Å². The molecular formula is C31H34N10O13S2. The highest BCUT2D eigenvalue weighted by atomic mass is 32.2. The average molecular weight is 819 g/mol. The molecule has 4 atom stereocenters. The van der Waals surface area contributed by atoms with Crippen LogP contribution in [0.3, 0.4) is 0 Å². The molecule has 23 nitrogen and oxygen atoms in total. The summed E-state index contributed by atoms with van der Waals surface area (Å²) in [5.74, 6) is -6.53. The molecule has 4 heterocycles. The van der Waals surface area contributed by atoms with E-state index in [1.165, 1.54) is 36.2 Å². The van der Waals surface area contributed by atoms with Crippen molar-refractivity contribution < 1.29 is 53.3 Å². The van der Waals surface area contributed by atoms with E-state index in [4.69, 9.17) is 15.6 Å². The Bertz CT molecular complexity index is 2140. The predicted molar refractivity (Wildman–Crippen MR) is 193 cm³/mol. The number of carbonyl (C=O) groups is 8. The van der Waals surface area contributed by atoms with Crippen LogP contribution in [-0.4, -0.2) is 143 Å². The fourth-order valence-corrected chi connectivity index (χ4v) is 8.00. The molecule has 2 aromatic rings. The first-order valence-electron chi connectivity index (χ1n) is 16.5. The highest BCUT2D eigenvalue weighted by molar-refractivity contribution is 8.01. The van der Waals surface area contributed by atoms with Gasteiger partial charge in [-0.3, -0.25) is 53.2 Å². The molecule has 5 rings (SSSR count). The number of rotatable bonds is 13. The Morgan fingerprint density at radius 1 is 1.07 bits per heavy atom.